The second kappa shape index (κ2) is 4.94. The van der Waals surface area contributed by atoms with Gasteiger partial charge in [-0.2, -0.15) is 22.0 Å². The van der Waals surface area contributed by atoms with Gasteiger partial charge in [-0.1, -0.05) is 0 Å². The number of carbonyl (C=O) groups excluding carboxylic acids is 1. The average Bonchev–Trinajstić information content (AvgIpc) is 2.14. The molecule has 0 N–H and O–H groups in total. The first-order valence-electron chi connectivity index (χ1n) is 4.02. The minimum Gasteiger partial charge on any atom is -0.287 e. The predicted molar refractivity (Wildman–Crippen MR) is 67.2 cm³/mol. The summed E-state index contributed by atoms with van der Waals surface area (Å²) in [7, 11) is 0. The van der Waals surface area contributed by atoms with E-state index in [2.05, 4.69) is 0 Å². The van der Waals surface area contributed by atoms with E-state index >= 15 is 0 Å². The molecule has 1 aromatic rings. The highest BCUT2D eigenvalue weighted by molar-refractivity contribution is 14.1. The van der Waals surface area contributed by atoms with Crippen LogP contribution in [-0.2, 0) is 0 Å². The molecule has 0 bridgehead atoms. The molecule has 0 amide bonds. The fourth-order valence-corrected chi connectivity index (χ4v) is 2.82. The number of hydrogen-bond acceptors (Lipinski definition) is 1. The van der Waals surface area contributed by atoms with Crippen LogP contribution in [0.4, 0.5) is 22.0 Å². The monoisotopic (exact) mass is 476 g/mol. The molecule has 0 aliphatic rings. The maximum Gasteiger partial charge on any atom is 0.461 e. The Bertz CT molecular complexity index is 455. The molecule has 0 saturated heterocycles. The van der Waals surface area contributed by atoms with Crippen LogP contribution in [0.2, 0.25) is 0 Å². The van der Waals surface area contributed by atoms with Crippen molar-refractivity contribution in [1.29, 1.82) is 0 Å². The molecule has 0 saturated carbocycles. The Balaban J connectivity index is 3.22. The molecule has 17 heavy (non-hydrogen) atoms. The van der Waals surface area contributed by atoms with Gasteiger partial charge in [0.1, 0.15) is 0 Å². The van der Waals surface area contributed by atoms with Crippen LogP contribution in [0.5, 0.6) is 0 Å². The number of hydrogen-bond donors (Lipinski definition) is 0. The molecule has 0 atom stereocenters. The van der Waals surface area contributed by atoms with Crippen LogP contribution in [0.15, 0.2) is 18.2 Å². The molecule has 0 spiro atoms. The quantitative estimate of drug-likeness (QED) is 0.354. The van der Waals surface area contributed by atoms with Gasteiger partial charge in [-0.25, -0.2) is 0 Å². The number of ketones is 1. The zero-order valence-electron chi connectivity index (χ0n) is 7.79. The normalized spacial score (nSPS) is 12.6. The highest BCUT2D eigenvalue weighted by atomic mass is 127. The number of benzene rings is 1. The minimum absolute atomic E-state index is 0.0587. The van der Waals surface area contributed by atoms with Crippen molar-refractivity contribution in [3.05, 3.63) is 30.9 Å². The molecule has 8 heteroatoms. The summed E-state index contributed by atoms with van der Waals surface area (Å²) < 4.78 is 62.3. The zero-order valence-corrected chi connectivity index (χ0v) is 12.1. The maximum atomic E-state index is 12.8. The third-order valence-corrected chi connectivity index (χ3v) is 3.38. The number of Topliss-reactive ketones (excluding diaryl/α,β-unsaturated/α-hetero) is 1. The van der Waals surface area contributed by atoms with E-state index in [0.29, 0.717) is 3.57 Å². The molecule has 0 heterocycles. The van der Waals surface area contributed by atoms with Crippen molar-refractivity contribution in [2.75, 3.05) is 0 Å². The molecule has 0 radical (unpaired) electrons. The van der Waals surface area contributed by atoms with Crippen molar-refractivity contribution >= 4 is 51.0 Å². The summed E-state index contributed by atoms with van der Waals surface area (Å²) in [6.07, 6.45) is -5.88. The van der Waals surface area contributed by atoms with E-state index < -0.39 is 23.4 Å². The van der Waals surface area contributed by atoms with Gasteiger partial charge >= 0.3 is 12.1 Å². The Morgan fingerprint density at radius 2 is 1.59 bits per heavy atom. The Labute approximate surface area is 120 Å². The van der Waals surface area contributed by atoms with Crippen LogP contribution in [-0.4, -0.2) is 17.9 Å². The van der Waals surface area contributed by atoms with Crippen LogP contribution in [0.25, 0.3) is 0 Å². The van der Waals surface area contributed by atoms with E-state index in [0.717, 1.165) is 6.07 Å². The lowest BCUT2D eigenvalue weighted by atomic mass is 10.1. The summed E-state index contributed by atoms with van der Waals surface area (Å²) in [5.41, 5.74) is -0.631. The topological polar surface area (TPSA) is 17.1 Å². The van der Waals surface area contributed by atoms with Gasteiger partial charge in [-0.3, -0.25) is 4.79 Å². The van der Waals surface area contributed by atoms with E-state index in [1.807, 2.05) is 22.6 Å². The van der Waals surface area contributed by atoms with Crippen molar-refractivity contribution in [2.45, 2.75) is 12.1 Å². The van der Waals surface area contributed by atoms with E-state index in [4.69, 9.17) is 0 Å². The third kappa shape index (κ3) is 3.06. The van der Waals surface area contributed by atoms with Gasteiger partial charge in [0.05, 0.1) is 0 Å². The van der Waals surface area contributed by atoms with Crippen LogP contribution in [0, 0.1) is 7.14 Å². The maximum absolute atomic E-state index is 12.8. The largest absolute Gasteiger partial charge is 0.461 e. The summed E-state index contributed by atoms with van der Waals surface area (Å²) in [5, 5.41) is 0. The molecule has 1 nitrogen and oxygen atoms in total. The second-order valence-corrected chi connectivity index (χ2v) is 5.43. The average molecular weight is 476 g/mol. The predicted octanol–water partition coefficient (Wildman–Crippen LogP) is 4.28. The molecule has 1 rings (SSSR count). The van der Waals surface area contributed by atoms with E-state index in [1.165, 1.54) is 12.1 Å². The van der Waals surface area contributed by atoms with Gasteiger partial charge in [0.25, 0.3) is 0 Å². The number of carbonyl (C=O) groups is 1. The van der Waals surface area contributed by atoms with Gasteiger partial charge in [-0.05, 0) is 63.4 Å². The smallest absolute Gasteiger partial charge is 0.287 e. The van der Waals surface area contributed by atoms with Gasteiger partial charge in [-0.15, -0.1) is 0 Å². The van der Waals surface area contributed by atoms with Crippen LogP contribution >= 0.6 is 45.2 Å². The van der Waals surface area contributed by atoms with Crippen molar-refractivity contribution in [3.63, 3.8) is 0 Å². The summed E-state index contributed by atoms with van der Waals surface area (Å²) in [5.74, 6) is -7.59. The Hall–Kier alpha value is -0.000000000000000167. The molecular weight excluding hydrogens is 473 g/mol. The van der Waals surface area contributed by atoms with E-state index in [1.54, 1.807) is 22.6 Å². The number of alkyl halides is 5. The van der Waals surface area contributed by atoms with Gasteiger partial charge in [0, 0.05) is 12.7 Å². The summed E-state index contributed by atoms with van der Waals surface area (Å²) in [4.78, 5) is 11.2. The van der Waals surface area contributed by atoms with E-state index in [-0.39, 0.29) is 3.57 Å². The molecule has 0 aromatic heterocycles. The second-order valence-electron chi connectivity index (χ2n) is 3.03. The fraction of sp³-hybridized carbons (Fsp3) is 0.222. The Morgan fingerprint density at radius 1 is 1.06 bits per heavy atom. The molecule has 0 fully saturated rings. The first-order chi connectivity index (χ1) is 7.57. The van der Waals surface area contributed by atoms with E-state index in [9.17, 15) is 26.7 Å². The van der Waals surface area contributed by atoms with Crippen molar-refractivity contribution < 1.29 is 26.7 Å². The standard InChI is InChI=1S/C9H3F5I2O/c10-8(11,9(12,13)14)7(17)5-2-1-4(15)3-6(5)16/h1-3H. The minimum atomic E-state index is -5.88. The number of halogens is 7. The number of rotatable bonds is 2. The van der Waals surface area contributed by atoms with Crippen LogP contribution in [0.1, 0.15) is 10.4 Å². The first kappa shape index (κ1) is 15.1. The fourth-order valence-electron chi connectivity index (χ4n) is 0.971. The molecule has 0 aliphatic carbocycles. The highest BCUT2D eigenvalue weighted by Gasteiger charge is 2.63. The van der Waals surface area contributed by atoms with Gasteiger partial charge in [0.15, 0.2) is 0 Å². The Kier molecular flexibility index (Phi) is 4.37. The molecule has 94 valence electrons. The van der Waals surface area contributed by atoms with Gasteiger partial charge in [0.2, 0.25) is 5.78 Å². The lowest BCUT2D eigenvalue weighted by Crippen LogP contribution is -2.44. The summed E-state index contributed by atoms with van der Waals surface area (Å²) >= 11 is 3.40. The summed E-state index contributed by atoms with van der Waals surface area (Å²) in [6, 6.07) is 3.61. The zero-order chi connectivity index (χ0) is 13.4. The van der Waals surface area contributed by atoms with Gasteiger partial charge < -0.3 is 0 Å². The molecule has 1 aromatic carbocycles. The third-order valence-electron chi connectivity index (χ3n) is 1.82. The lowest BCUT2D eigenvalue weighted by molar-refractivity contribution is -0.255. The van der Waals surface area contributed by atoms with Crippen LogP contribution in [0.3, 0.4) is 0 Å². The highest BCUT2D eigenvalue weighted by Crippen LogP contribution is 2.38. The summed E-state index contributed by atoms with van der Waals surface area (Å²) in [6.45, 7) is 0. The van der Waals surface area contributed by atoms with Crippen molar-refractivity contribution in [1.82, 2.24) is 0 Å². The SMILES string of the molecule is O=C(c1ccc(I)cc1I)C(F)(F)C(F)(F)F. The van der Waals surface area contributed by atoms with Crippen LogP contribution < -0.4 is 0 Å². The Morgan fingerprint density at radius 3 is 2.00 bits per heavy atom. The molecule has 0 unspecified atom stereocenters. The van der Waals surface area contributed by atoms with Crippen molar-refractivity contribution in [3.8, 4) is 0 Å². The van der Waals surface area contributed by atoms with Crippen molar-refractivity contribution in [2.24, 2.45) is 0 Å². The molecular formula is C9H3F5I2O. The molecule has 0 aliphatic heterocycles. The first-order valence-corrected chi connectivity index (χ1v) is 6.17. The lowest BCUT2D eigenvalue weighted by Gasteiger charge is -2.18.